The molecular formula is C26H24N2O5S. The molecule has 0 spiro atoms. The average Bonchev–Trinajstić information content (AvgIpc) is 3.19. The maximum atomic E-state index is 13.2. The molecule has 5 rings (SSSR count). The van der Waals surface area contributed by atoms with Crippen molar-refractivity contribution in [2.45, 2.75) is 32.9 Å². The number of nitrogens with zero attached hydrogens (tertiary/aromatic N) is 1. The number of thiophene rings is 1. The minimum absolute atomic E-state index is 0.116. The fourth-order valence-electron chi connectivity index (χ4n) is 4.47. The number of carbonyl (C=O) groups excluding carboxylic acids is 2. The first-order valence-corrected chi connectivity index (χ1v) is 11.9. The zero-order chi connectivity index (χ0) is 24.0. The van der Waals surface area contributed by atoms with Crippen molar-refractivity contribution in [2.75, 3.05) is 19.0 Å². The van der Waals surface area contributed by atoms with E-state index < -0.39 is 17.5 Å². The van der Waals surface area contributed by atoms with Crippen LogP contribution >= 0.6 is 11.3 Å². The van der Waals surface area contributed by atoms with Crippen molar-refractivity contribution in [3.8, 4) is 0 Å². The van der Waals surface area contributed by atoms with E-state index in [1.54, 1.807) is 12.1 Å². The summed E-state index contributed by atoms with van der Waals surface area (Å²) in [7, 11) is 1.32. The molecule has 4 aromatic rings. The fourth-order valence-corrected chi connectivity index (χ4v) is 5.73. The first-order chi connectivity index (χ1) is 16.4. The van der Waals surface area contributed by atoms with Crippen LogP contribution in [0.3, 0.4) is 0 Å². The molecule has 0 unspecified atom stereocenters. The Hall–Kier alpha value is -3.49. The van der Waals surface area contributed by atoms with Gasteiger partial charge in [0.1, 0.15) is 16.1 Å². The molecule has 0 fully saturated rings. The van der Waals surface area contributed by atoms with E-state index in [1.165, 1.54) is 18.4 Å². The van der Waals surface area contributed by atoms with Crippen LogP contribution in [0.1, 0.15) is 45.0 Å². The highest BCUT2D eigenvalue weighted by atomic mass is 32.1. The van der Waals surface area contributed by atoms with Crippen molar-refractivity contribution in [3.05, 3.63) is 74.5 Å². The second kappa shape index (κ2) is 8.70. The number of amides is 1. The van der Waals surface area contributed by atoms with Gasteiger partial charge in [0, 0.05) is 29.4 Å². The summed E-state index contributed by atoms with van der Waals surface area (Å²) in [6.07, 6.45) is 0.689. The van der Waals surface area contributed by atoms with Gasteiger partial charge in [-0.15, -0.1) is 11.3 Å². The van der Waals surface area contributed by atoms with E-state index in [0.29, 0.717) is 40.5 Å². The second-order valence-corrected chi connectivity index (χ2v) is 9.72. The Balaban J connectivity index is 1.56. The molecule has 0 atom stereocenters. The van der Waals surface area contributed by atoms with Crippen LogP contribution in [0.25, 0.3) is 21.7 Å². The molecule has 34 heavy (non-hydrogen) atoms. The molecule has 1 N–H and O–H groups in total. The number of rotatable bonds is 4. The summed E-state index contributed by atoms with van der Waals surface area (Å²) in [6, 6.07) is 13.2. The average molecular weight is 477 g/mol. The van der Waals surface area contributed by atoms with E-state index in [4.69, 9.17) is 9.15 Å². The van der Waals surface area contributed by atoms with Crippen LogP contribution in [0, 0.1) is 0 Å². The van der Waals surface area contributed by atoms with Gasteiger partial charge in [-0.25, -0.2) is 9.59 Å². The molecule has 3 heterocycles. The van der Waals surface area contributed by atoms with Crippen molar-refractivity contribution >= 4 is 50.0 Å². The zero-order valence-electron chi connectivity index (χ0n) is 19.1. The van der Waals surface area contributed by atoms with Crippen LogP contribution in [-0.4, -0.2) is 36.5 Å². The summed E-state index contributed by atoms with van der Waals surface area (Å²) >= 11 is 1.35. The summed E-state index contributed by atoms with van der Waals surface area (Å²) < 4.78 is 10.5. The molecule has 0 saturated carbocycles. The zero-order valence-corrected chi connectivity index (χ0v) is 20.0. The van der Waals surface area contributed by atoms with Crippen molar-refractivity contribution in [1.82, 2.24) is 4.90 Å². The topological polar surface area (TPSA) is 88.8 Å². The summed E-state index contributed by atoms with van der Waals surface area (Å²) in [4.78, 5) is 41.9. The van der Waals surface area contributed by atoms with Gasteiger partial charge >= 0.3 is 11.6 Å². The Kier molecular flexibility index (Phi) is 5.71. The molecule has 0 aliphatic carbocycles. The van der Waals surface area contributed by atoms with Gasteiger partial charge in [0.15, 0.2) is 0 Å². The molecule has 1 aliphatic heterocycles. The molecular weight excluding hydrogens is 452 g/mol. The van der Waals surface area contributed by atoms with E-state index in [-0.39, 0.29) is 5.56 Å². The van der Waals surface area contributed by atoms with Crippen LogP contribution in [0.15, 0.2) is 51.7 Å². The van der Waals surface area contributed by atoms with Crippen LogP contribution in [0.2, 0.25) is 0 Å². The first kappa shape index (κ1) is 22.3. The quantitative estimate of drug-likeness (QED) is 0.258. The van der Waals surface area contributed by atoms with Gasteiger partial charge in [-0.1, -0.05) is 30.3 Å². The molecule has 0 saturated heterocycles. The lowest BCUT2D eigenvalue weighted by Gasteiger charge is -2.30. The van der Waals surface area contributed by atoms with Crippen molar-refractivity contribution in [3.63, 3.8) is 0 Å². The van der Waals surface area contributed by atoms with E-state index in [2.05, 4.69) is 24.1 Å². The molecule has 2 aromatic heterocycles. The van der Waals surface area contributed by atoms with Crippen LogP contribution in [0.5, 0.6) is 0 Å². The van der Waals surface area contributed by atoms with Crippen LogP contribution < -0.4 is 10.9 Å². The molecule has 174 valence electrons. The largest absolute Gasteiger partial charge is 0.465 e. The summed E-state index contributed by atoms with van der Waals surface area (Å²) in [5.41, 5.74) is 0.841. The Morgan fingerprint density at radius 2 is 1.94 bits per heavy atom. The first-order valence-electron chi connectivity index (χ1n) is 11.1. The summed E-state index contributed by atoms with van der Waals surface area (Å²) in [5, 5.41) is 5.72. The Morgan fingerprint density at radius 3 is 2.71 bits per heavy atom. The van der Waals surface area contributed by atoms with E-state index in [1.807, 2.05) is 30.3 Å². The molecule has 7 nitrogen and oxygen atoms in total. The lowest BCUT2D eigenvalue weighted by atomic mass is 10.0. The standard InChI is InChI=1S/C26H24N2O5S/c1-14(2)28-11-10-17-21(13-28)34-24(22(17)26(31)32-3)27-23(29)19-12-18-16-7-5-4-6-15(16)8-9-20(18)33-25(19)30/h4-9,12,14H,10-11,13H2,1-3H3,(H,27,29). The highest BCUT2D eigenvalue weighted by molar-refractivity contribution is 7.17. The smallest absolute Gasteiger partial charge is 0.349 e. The van der Waals surface area contributed by atoms with Crippen molar-refractivity contribution in [2.24, 2.45) is 0 Å². The Morgan fingerprint density at radius 1 is 1.15 bits per heavy atom. The van der Waals surface area contributed by atoms with Crippen molar-refractivity contribution < 1.29 is 18.7 Å². The summed E-state index contributed by atoms with van der Waals surface area (Å²) in [6.45, 7) is 5.78. The van der Waals surface area contributed by atoms with Gasteiger partial charge in [0.25, 0.3) is 5.91 Å². The number of fused-ring (bicyclic) bond motifs is 4. The van der Waals surface area contributed by atoms with Crippen LogP contribution in [0.4, 0.5) is 5.00 Å². The van der Waals surface area contributed by atoms with Crippen LogP contribution in [-0.2, 0) is 17.7 Å². The SMILES string of the molecule is COC(=O)c1c(NC(=O)c2cc3c(ccc4ccccc43)oc2=O)sc2c1CCN(C(C)C)C2. The molecule has 1 aliphatic rings. The van der Waals surface area contributed by atoms with Gasteiger partial charge in [0.2, 0.25) is 0 Å². The highest BCUT2D eigenvalue weighted by Crippen LogP contribution is 2.38. The molecule has 2 aromatic carbocycles. The van der Waals surface area contributed by atoms with Gasteiger partial charge in [0.05, 0.1) is 12.7 Å². The number of carbonyl (C=O) groups is 2. The maximum Gasteiger partial charge on any atom is 0.349 e. The number of esters is 1. The fraction of sp³-hybridized carbons (Fsp3) is 0.269. The second-order valence-electron chi connectivity index (χ2n) is 8.61. The highest BCUT2D eigenvalue weighted by Gasteiger charge is 2.30. The Bertz CT molecular complexity index is 1500. The number of hydrogen-bond acceptors (Lipinski definition) is 7. The third-order valence-corrected chi connectivity index (χ3v) is 7.45. The molecule has 0 bridgehead atoms. The van der Waals surface area contributed by atoms with Gasteiger partial charge in [-0.05, 0) is 48.7 Å². The number of benzene rings is 2. The minimum atomic E-state index is -0.729. The maximum absolute atomic E-state index is 13.2. The third-order valence-electron chi connectivity index (χ3n) is 6.32. The predicted molar refractivity (Wildman–Crippen MR) is 133 cm³/mol. The van der Waals surface area contributed by atoms with Crippen molar-refractivity contribution in [1.29, 1.82) is 0 Å². The lowest BCUT2D eigenvalue weighted by molar-refractivity contribution is 0.0600. The van der Waals surface area contributed by atoms with E-state index in [0.717, 1.165) is 27.8 Å². The third kappa shape index (κ3) is 3.78. The molecule has 0 radical (unpaired) electrons. The van der Waals surface area contributed by atoms with Gasteiger partial charge in [-0.3, -0.25) is 9.69 Å². The van der Waals surface area contributed by atoms with Gasteiger partial charge < -0.3 is 14.5 Å². The minimum Gasteiger partial charge on any atom is -0.465 e. The Labute approximate surface area is 199 Å². The number of nitrogens with one attached hydrogen (secondary N) is 1. The van der Waals surface area contributed by atoms with E-state index in [9.17, 15) is 14.4 Å². The number of anilines is 1. The molecule has 1 amide bonds. The monoisotopic (exact) mass is 476 g/mol. The lowest BCUT2D eigenvalue weighted by Crippen LogP contribution is -2.35. The molecule has 8 heteroatoms. The number of hydrogen-bond donors (Lipinski definition) is 1. The van der Waals surface area contributed by atoms with E-state index >= 15 is 0 Å². The normalized spacial score (nSPS) is 13.9. The predicted octanol–water partition coefficient (Wildman–Crippen LogP) is 4.81. The number of ether oxygens (including phenoxy) is 1. The van der Waals surface area contributed by atoms with Gasteiger partial charge in [-0.2, -0.15) is 0 Å². The number of methoxy groups -OCH3 is 1. The summed E-state index contributed by atoms with van der Waals surface area (Å²) in [5.74, 6) is -1.12.